The number of rotatable bonds is 7. The quantitative estimate of drug-likeness (QED) is 0.716. The molecule has 128 valence electrons. The molecule has 3 aliphatic rings. The van der Waals surface area contributed by atoms with Gasteiger partial charge in [-0.3, -0.25) is 0 Å². The monoisotopic (exact) mass is 331 g/mol. The topological polar surface area (TPSA) is 55.8 Å². The van der Waals surface area contributed by atoms with Crippen molar-refractivity contribution in [2.45, 2.75) is 51.6 Å². The molecule has 0 aromatic rings. The van der Waals surface area contributed by atoms with Crippen LogP contribution in [0.3, 0.4) is 0 Å². The van der Waals surface area contributed by atoms with Gasteiger partial charge in [0.2, 0.25) is 10.0 Å². The highest BCUT2D eigenvalue weighted by molar-refractivity contribution is 7.89. The average molecular weight is 331 g/mol. The number of ether oxygens (including phenoxy) is 2. The van der Waals surface area contributed by atoms with Gasteiger partial charge in [-0.05, 0) is 44.4 Å². The molecule has 0 radical (unpaired) electrons. The zero-order valence-electron chi connectivity index (χ0n) is 13.6. The molecule has 0 aromatic carbocycles. The van der Waals surface area contributed by atoms with Crippen LogP contribution in [0.15, 0.2) is 0 Å². The fraction of sp³-hybridized carbons (Fsp3) is 1.00. The van der Waals surface area contributed by atoms with Crippen molar-refractivity contribution in [1.29, 1.82) is 0 Å². The van der Waals surface area contributed by atoms with Gasteiger partial charge in [-0.2, -0.15) is 0 Å². The van der Waals surface area contributed by atoms with Crippen molar-refractivity contribution in [3.05, 3.63) is 0 Å². The van der Waals surface area contributed by atoms with Crippen LogP contribution in [0.4, 0.5) is 0 Å². The molecule has 0 spiro atoms. The van der Waals surface area contributed by atoms with Crippen LogP contribution >= 0.6 is 0 Å². The molecule has 1 saturated carbocycles. The lowest BCUT2D eigenvalue weighted by molar-refractivity contribution is -0.143. The first-order chi connectivity index (χ1) is 10.6. The van der Waals surface area contributed by atoms with E-state index in [1.807, 2.05) is 6.92 Å². The smallest absolute Gasteiger partial charge is 0.214 e. The minimum Gasteiger partial charge on any atom is -0.380 e. The predicted molar refractivity (Wildman–Crippen MR) is 85.2 cm³/mol. The Balaban J connectivity index is 1.68. The molecule has 5 nitrogen and oxygen atoms in total. The summed E-state index contributed by atoms with van der Waals surface area (Å²) in [6, 6.07) is 0. The van der Waals surface area contributed by atoms with Gasteiger partial charge in [0, 0.05) is 31.7 Å². The molecule has 0 bridgehead atoms. The van der Waals surface area contributed by atoms with Gasteiger partial charge in [0.05, 0.1) is 18.5 Å². The van der Waals surface area contributed by atoms with Crippen LogP contribution < -0.4 is 0 Å². The normalized spacial score (nSPS) is 33.6. The van der Waals surface area contributed by atoms with Crippen LogP contribution in [0.5, 0.6) is 0 Å². The van der Waals surface area contributed by atoms with Crippen molar-refractivity contribution in [3.63, 3.8) is 0 Å². The molecule has 0 N–H and O–H groups in total. The number of hydrogen-bond acceptors (Lipinski definition) is 4. The van der Waals surface area contributed by atoms with Crippen molar-refractivity contribution in [3.8, 4) is 0 Å². The Hall–Kier alpha value is -0.170. The van der Waals surface area contributed by atoms with E-state index in [-0.39, 0.29) is 17.3 Å². The first-order valence-corrected chi connectivity index (χ1v) is 10.3. The zero-order valence-corrected chi connectivity index (χ0v) is 14.4. The number of hydrogen-bond donors (Lipinski definition) is 0. The summed E-state index contributed by atoms with van der Waals surface area (Å²) in [6.07, 6.45) is 6.22. The number of fused-ring (bicyclic) bond motifs is 1. The van der Waals surface area contributed by atoms with Gasteiger partial charge in [-0.25, -0.2) is 12.7 Å². The Labute approximate surface area is 134 Å². The Bertz CT molecular complexity index is 477. The van der Waals surface area contributed by atoms with E-state index in [9.17, 15) is 8.42 Å². The van der Waals surface area contributed by atoms with Gasteiger partial charge in [0.1, 0.15) is 0 Å². The van der Waals surface area contributed by atoms with E-state index < -0.39 is 10.0 Å². The van der Waals surface area contributed by atoms with Crippen molar-refractivity contribution < 1.29 is 17.9 Å². The summed E-state index contributed by atoms with van der Waals surface area (Å²) in [5, 5.41) is 0. The van der Waals surface area contributed by atoms with Crippen molar-refractivity contribution in [1.82, 2.24) is 4.31 Å². The Morgan fingerprint density at radius 2 is 2.14 bits per heavy atom. The lowest BCUT2D eigenvalue weighted by Gasteiger charge is -2.49. The molecular formula is C16H29NO4S. The molecular weight excluding hydrogens is 302 g/mol. The van der Waals surface area contributed by atoms with Gasteiger partial charge in [-0.15, -0.1) is 0 Å². The molecule has 0 unspecified atom stereocenters. The van der Waals surface area contributed by atoms with Crippen LogP contribution in [0.1, 0.15) is 45.4 Å². The van der Waals surface area contributed by atoms with Gasteiger partial charge in [0.15, 0.2) is 0 Å². The number of piperidine rings is 1. The maximum Gasteiger partial charge on any atom is 0.214 e. The molecule has 2 heterocycles. The summed E-state index contributed by atoms with van der Waals surface area (Å²) in [7, 11) is -3.13. The van der Waals surface area contributed by atoms with E-state index in [1.54, 1.807) is 4.31 Å². The third-order valence-electron chi connectivity index (χ3n) is 5.25. The minimum atomic E-state index is -3.13. The summed E-state index contributed by atoms with van der Waals surface area (Å²) in [6.45, 7) is 5.36. The van der Waals surface area contributed by atoms with Crippen molar-refractivity contribution in [2.24, 2.45) is 11.3 Å². The average Bonchev–Trinajstić information content (AvgIpc) is 3.31. The van der Waals surface area contributed by atoms with Crippen molar-refractivity contribution >= 4 is 10.0 Å². The molecule has 6 heteroatoms. The highest BCUT2D eigenvalue weighted by atomic mass is 32.2. The zero-order chi connectivity index (χ0) is 15.6. The van der Waals surface area contributed by atoms with E-state index in [0.717, 1.165) is 38.4 Å². The fourth-order valence-corrected chi connectivity index (χ4v) is 5.41. The van der Waals surface area contributed by atoms with Crippen LogP contribution in [0.2, 0.25) is 0 Å². The molecule has 2 aliphatic heterocycles. The summed E-state index contributed by atoms with van der Waals surface area (Å²) in [5.41, 5.74) is -0.133. The first kappa shape index (κ1) is 16.7. The standard InChI is InChI=1S/C16H29NO4S/c1-2-10-22(18,19)17-8-6-15-16(12-17,7-3-9-21-15)13-20-11-14-4-5-14/h14-15H,2-13H2,1H3/t15-,16+/m0/s1. The third kappa shape index (κ3) is 3.66. The molecule has 2 saturated heterocycles. The molecule has 22 heavy (non-hydrogen) atoms. The number of nitrogens with zero attached hydrogens (tertiary/aromatic N) is 1. The minimum absolute atomic E-state index is 0.133. The van der Waals surface area contributed by atoms with E-state index in [1.165, 1.54) is 12.8 Å². The molecule has 3 rings (SSSR count). The highest BCUT2D eigenvalue weighted by Crippen LogP contribution is 2.41. The highest BCUT2D eigenvalue weighted by Gasteiger charge is 2.48. The fourth-order valence-electron chi connectivity index (χ4n) is 3.80. The largest absolute Gasteiger partial charge is 0.380 e. The van der Waals surface area contributed by atoms with E-state index in [0.29, 0.717) is 26.1 Å². The van der Waals surface area contributed by atoms with Crippen molar-refractivity contribution in [2.75, 3.05) is 38.7 Å². The van der Waals surface area contributed by atoms with Crippen LogP contribution in [-0.4, -0.2) is 57.5 Å². The number of sulfonamides is 1. The molecule has 1 aliphatic carbocycles. The van der Waals surface area contributed by atoms with Crippen LogP contribution in [0.25, 0.3) is 0 Å². The second kappa shape index (κ2) is 6.75. The summed E-state index contributed by atoms with van der Waals surface area (Å²) in [5.74, 6) is 0.986. The third-order valence-corrected chi connectivity index (χ3v) is 7.27. The first-order valence-electron chi connectivity index (χ1n) is 8.73. The van der Waals surface area contributed by atoms with E-state index in [2.05, 4.69) is 0 Å². The van der Waals surface area contributed by atoms with E-state index in [4.69, 9.17) is 9.47 Å². The van der Waals surface area contributed by atoms with Gasteiger partial charge >= 0.3 is 0 Å². The van der Waals surface area contributed by atoms with Gasteiger partial charge < -0.3 is 9.47 Å². The maximum absolute atomic E-state index is 12.4. The van der Waals surface area contributed by atoms with Gasteiger partial charge in [0.25, 0.3) is 0 Å². The second-order valence-corrected chi connectivity index (χ2v) is 9.31. The van der Waals surface area contributed by atoms with Gasteiger partial charge in [-0.1, -0.05) is 6.92 Å². The second-order valence-electron chi connectivity index (χ2n) is 7.22. The van der Waals surface area contributed by atoms with E-state index >= 15 is 0 Å². The molecule has 0 amide bonds. The Morgan fingerprint density at radius 3 is 2.86 bits per heavy atom. The van der Waals surface area contributed by atoms with Crippen LogP contribution in [0, 0.1) is 11.3 Å². The lowest BCUT2D eigenvalue weighted by atomic mass is 9.73. The van der Waals surface area contributed by atoms with Crippen LogP contribution in [-0.2, 0) is 19.5 Å². The molecule has 0 aromatic heterocycles. The maximum atomic E-state index is 12.4. The Kier molecular flexibility index (Phi) is 5.12. The molecule has 3 fully saturated rings. The summed E-state index contributed by atoms with van der Waals surface area (Å²) < 4.78 is 38.5. The summed E-state index contributed by atoms with van der Waals surface area (Å²) >= 11 is 0. The SMILES string of the molecule is CCCS(=O)(=O)N1CC[C@@H]2OCCC[C@]2(COCC2CC2)C1. The lowest BCUT2D eigenvalue weighted by Crippen LogP contribution is -2.58. The Morgan fingerprint density at radius 1 is 1.32 bits per heavy atom. The predicted octanol–water partition coefficient (Wildman–Crippen LogP) is 2.02. The molecule has 2 atom stereocenters. The summed E-state index contributed by atoms with van der Waals surface area (Å²) in [4.78, 5) is 0.